The van der Waals surface area contributed by atoms with E-state index in [0.717, 1.165) is 62.9 Å². The molecule has 4 aromatic rings. The number of piperidine rings is 1. The number of likely N-dealkylation sites (tertiary alicyclic amines) is 2. The first-order valence-corrected chi connectivity index (χ1v) is 24.2. The van der Waals surface area contributed by atoms with Gasteiger partial charge in [-0.1, -0.05) is 142 Å². The van der Waals surface area contributed by atoms with Gasteiger partial charge in [0, 0.05) is 31.6 Å². The number of nitrogens with zero attached hydrogens (tertiary/aromatic N) is 2. The molecule has 60 heavy (non-hydrogen) atoms. The van der Waals surface area contributed by atoms with Gasteiger partial charge in [0.25, 0.3) is 8.32 Å². The highest BCUT2D eigenvalue weighted by atomic mass is 35.5. The topological polar surface area (TPSA) is 79.3 Å². The third-order valence-corrected chi connectivity index (χ3v) is 18.9. The van der Waals surface area contributed by atoms with Gasteiger partial charge in [-0.15, -0.1) is 0 Å². The number of rotatable bonds is 13. The number of ether oxygens (including phenoxy) is 1. The van der Waals surface area contributed by atoms with Crippen molar-refractivity contribution in [1.82, 2.24) is 9.80 Å². The van der Waals surface area contributed by atoms with Crippen LogP contribution in [0.25, 0.3) is 6.08 Å². The summed E-state index contributed by atoms with van der Waals surface area (Å²) in [4.78, 5) is 33.5. The number of phenols is 1. The van der Waals surface area contributed by atoms with Gasteiger partial charge in [-0.3, -0.25) is 19.4 Å². The monoisotopic (exact) mass is 842 g/mol. The summed E-state index contributed by atoms with van der Waals surface area (Å²) in [5.74, 6) is -0.903. The molecule has 0 spiro atoms. The molecule has 3 saturated heterocycles. The summed E-state index contributed by atoms with van der Waals surface area (Å²) < 4.78 is 14.3. The van der Waals surface area contributed by atoms with E-state index in [2.05, 4.69) is 124 Å². The highest BCUT2D eigenvalue weighted by Gasteiger charge is 2.59. The second-order valence-corrected chi connectivity index (χ2v) is 22.9. The quantitative estimate of drug-likeness (QED) is 0.0823. The van der Waals surface area contributed by atoms with Gasteiger partial charge in [0.1, 0.15) is 5.75 Å². The predicted molar refractivity (Wildman–Crippen MR) is 243 cm³/mol. The van der Waals surface area contributed by atoms with E-state index in [4.69, 9.17) is 20.8 Å². The number of carbonyl (C=O) groups excluding carboxylic acids is 2. The molecule has 3 heterocycles. The fourth-order valence-electron chi connectivity index (χ4n) is 10.6. The predicted octanol–water partition coefficient (Wildman–Crippen LogP) is 9.18. The Morgan fingerprint density at radius 2 is 1.52 bits per heavy atom. The summed E-state index contributed by atoms with van der Waals surface area (Å²) in [6.07, 6.45) is 6.37. The number of allylic oxidation sites excluding steroid dienone is 1. The van der Waals surface area contributed by atoms with E-state index in [1.807, 2.05) is 12.1 Å². The average Bonchev–Trinajstić information content (AvgIpc) is 3.78. The lowest BCUT2D eigenvalue weighted by Gasteiger charge is -2.44. The Balaban J connectivity index is 1.10. The summed E-state index contributed by atoms with van der Waals surface area (Å²) >= 11 is 6.53. The van der Waals surface area contributed by atoms with E-state index in [1.54, 1.807) is 17.0 Å². The Hall–Kier alpha value is -4.31. The van der Waals surface area contributed by atoms with Gasteiger partial charge >= 0.3 is 0 Å². The number of hydrogen-bond donors (Lipinski definition) is 1. The molecule has 0 radical (unpaired) electrons. The number of amides is 2. The average molecular weight is 844 g/mol. The summed E-state index contributed by atoms with van der Waals surface area (Å²) in [5, 5.41) is 12.7. The number of aromatic hydroxyl groups is 1. The standard InChI is InChI=1S/C51H59ClN2O5Si/c1-5-35(29-37-22-23-40(55)31-45(37)52)21-24-46-47-38(33-59-60(51(2,3)4,41-17-11-7-12-18-41)42-19-13-8-14-20-42)30-43-48(44(47)34-58-46)50(57)54(49(43)56)39-25-27-53(28-26-39)32-36-15-9-6-10-16-36/h6-20,22-23,29,31,39,43-44,46,48,55H,5,21,24-28,30,32-34H2,1-4H3/b35-29+/t43-,44+,46-,48-/m1/s1. The van der Waals surface area contributed by atoms with Gasteiger partial charge in [-0.2, -0.15) is 0 Å². The number of fused-ring (bicyclic) bond motifs is 3. The molecule has 0 aromatic heterocycles. The number of phenolic OH excluding ortho intramolecular Hbond substituents is 1. The smallest absolute Gasteiger partial charge is 0.261 e. The maximum absolute atomic E-state index is 14.7. The number of benzene rings is 4. The van der Waals surface area contributed by atoms with Crippen LogP contribution in [-0.4, -0.2) is 73.5 Å². The van der Waals surface area contributed by atoms with Crippen molar-refractivity contribution in [3.05, 3.63) is 142 Å². The molecule has 4 aliphatic rings. The molecule has 7 nitrogen and oxygen atoms in total. The van der Waals surface area contributed by atoms with Gasteiger partial charge < -0.3 is 14.3 Å². The summed E-state index contributed by atoms with van der Waals surface area (Å²) in [7, 11) is -2.91. The van der Waals surface area contributed by atoms with Crippen molar-refractivity contribution in [2.24, 2.45) is 17.8 Å². The largest absolute Gasteiger partial charge is 0.508 e. The Bertz CT molecular complexity index is 2170. The SMILES string of the molecule is CC/C(=C\c1ccc(O)cc1Cl)CC[C@H]1OC[C@H]2C1=C(CO[Si](c1ccccc1)(c1ccccc1)C(C)(C)C)C[C@H]1C(=O)N(C3CCN(Cc4ccccc4)CC3)C(=O)[C@H]12. The van der Waals surface area contributed by atoms with Crippen molar-refractivity contribution in [2.45, 2.75) is 89.9 Å². The molecule has 3 aliphatic heterocycles. The fraction of sp³-hybridized carbons (Fsp3) is 0.412. The first-order chi connectivity index (χ1) is 29.0. The molecule has 0 saturated carbocycles. The Labute approximate surface area is 362 Å². The van der Waals surface area contributed by atoms with Crippen molar-refractivity contribution in [2.75, 3.05) is 26.3 Å². The Morgan fingerprint density at radius 3 is 2.12 bits per heavy atom. The highest BCUT2D eigenvalue weighted by molar-refractivity contribution is 6.99. The van der Waals surface area contributed by atoms with Crippen LogP contribution in [0.3, 0.4) is 0 Å². The van der Waals surface area contributed by atoms with E-state index < -0.39 is 20.2 Å². The third kappa shape index (κ3) is 8.34. The minimum atomic E-state index is -2.91. The van der Waals surface area contributed by atoms with E-state index in [1.165, 1.54) is 27.1 Å². The molecule has 4 atom stereocenters. The molecule has 0 unspecified atom stereocenters. The van der Waals surface area contributed by atoms with E-state index >= 15 is 0 Å². The van der Waals surface area contributed by atoms with Gasteiger partial charge in [-0.25, -0.2) is 0 Å². The number of carbonyl (C=O) groups is 2. The van der Waals surface area contributed by atoms with Crippen LogP contribution in [0.1, 0.15) is 77.3 Å². The van der Waals surface area contributed by atoms with Crippen LogP contribution in [0.15, 0.2) is 126 Å². The van der Waals surface area contributed by atoms with Crippen LogP contribution < -0.4 is 10.4 Å². The van der Waals surface area contributed by atoms with Crippen LogP contribution in [0.5, 0.6) is 5.75 Å². The molecule has 9 heteroatoms. The minimum absolute atomic E-state index is 0.0127. The fourth-order valence-corrected chi connectivity index (χ4v) is 15.4. The van der Waals surface area contributed by atoms with Crippen LogP contribution in [0.2, 0.25) is 10.1 Å². The Morgan fingerprint density at radius 1 is 0.883 bits per heavy atom. The zero-order valence-corrected chi connectivity index (χ0v) is 37.2. The first kappa shape index (κ1) is 42.4. The second kappa shape index (κ2) is 18.0. The van der Waals surface area contributed by atoms with Crippen molar-refractivity contribution < 1.29 is 23.9 Å². The maximum atomic E-state index is 14.7. The molecule has 0 bridgehead atoms. The summed E-state index contributed by atoms with van der Waals surface area (Å²) in [6.45, 7) is 12.4. The number of halogens is 1. The molecule has 1 N–H and O–H groups in total. The third-order valence-electron chi connectivity index (χ3n) is 13.6. The van der Waals surface area contributed by atoms with Gasteiger partial charge in [-0.05, 0) is 94.4 Å². The van der Waals surface area contributed by atoms with Crippen molar-refractivity contribution in [3.8, 4) is 5.75 Å². The van der Waals surface area contributed by atoms with Crippen molar-refractivity contribution in [1.29, 1.82) is 0 Å². The molecule has 2 amide bonds. The van der Waals surface area contributed by atoms with Gasteiger partial charge in [0.05, 0.1) is 36.2 Å². The molecular formula is C51H59ClN2O5Si. The summed E-state index contributed by atoms with van der Waals surface area (Å²) in [6, 6.07) is 36.9. The lowest BCUT2D eigenvalue weighted by atomic mass is 9.69. The van der Waals surface area contributed by atoms with Gasteiger partial charge in [0.2, 0.25) is 11.8 Å². The normalized spacial score (nSPS) is 23.0. The van der Waals surface area contributed by atoms with E-state index in [0.29, 0.717) is 24.7 Å². The summed E-state index contributed by atoms with van der Waals surface area (Å²) in [5.41, 5.74) is 5.68. The van der Waals surface area contributed by atoms with Crippen molar-refractivity contribution in [3.63, 3.8) is 0 Å². The molecule has 3 fully saturated rings. The zero-order valence-electron chi connectivity index (χ0n) is 35.5. The molecule has 8 rings (SSSR count). The second-order valence-electron chi connectivity index (χ2n) is 18.2. The highest BCUT2D eigenvalue weighted by Crippen LogP contribution is 2.51. The lowest BCUT2D eigenvalue weighted by molar-refractivity contribution is -0.144. The van der Waals surface area contributed by atoms with E-state index in [-0.39, 0.29) is 40.7 Å². The molecule has 1 aliphatic carbocycles. The molecular weight excluding hydrogens is 784 g/mol. The Kier molecular flexibility index (Phi) is 12.7. The van der Waals surface area contributed by atoms with E-state index in [9.17, 15) is 14.7 Å². The number of hydrogen-bond acceptors (Lipinski definition) is 6. The minimum Gasteiger partial charge on any atom is -0.508 e. The molecule has 4 aromatic carbocycles. The number of imide groups is 1. The lowest BCUT2D eigenvalue weighted by Crippen LogP contribution is -2.66. The zero-order chi connectivity index (χ0) is 42.0. The van der Waals surface area contributed by atoms with Gasteiger partial charge in [0.15, 0.2) is 0 Å². The van der Waals surface area contributed by atoms with Crippen LogP contribution >= 0.6 is 11.6 Å². The van der Waals surface area contributed by atoms with Crippen molar-refractivity contribution >= 4 is 48.2 Å². The van der Waals surface area contributed by atoms with Crippen LogP contribution in [0, 0.1) is 17.8 Å². The van der Waals surface area contributed by atoms with Crippen LogP contribution in [-0.2, 0) is 25.3 Å². The van der Waals surface area contributed by atoms with Crippen LogP contribution in [0.4, 0.5) is 0 Å². The first-order valence-electron chi connectivity index (χ1n) is 21.9. The maximum Gasteiger partial charge on any atom is 0.261 e. The molecule has 314 valence electrons.